The van der Waals surface area contributed by atoms with Crippen LogP contribution in [0.5, 0.6) is 5.75 Å². The minimum Gasteiger partial charge on any atom is -0.483 e. The number of carbonyl (C=O) groups is 3. The second kappa shape index (κ2) is 10.4. The molecule has 0 saturated carbocycles. The first-order valence-corrected chi connectivity index (χ1v) is 11.3. The van der Waals surface area contributed by atoms with E-state index < -0.39 is 5.91 Å². The molecule has 0 unspecified atom stereocenters. The smallest absolute Gasteiger partial charge is 0.293 e. The predicted molar refractivity (Wildman–Crippen MR) is 130 cm³/mol. The van der Waals surface area contributed by atoms with Crippen LogP contribution in [0.1, 0.15) is 11.1 Å². The highest BCUT2D eigenvalue weighted by molar-refractivity contribution is 8.18. The third-order valence-corrected chi connectivity index (χ3v) is 6.06. The molecule has 0 radical (unpaired) electrons. The Kier molecular flexibility index (Phi) is 7.12. The molecular formula is C25H19ClN2O4S. The molecule has 0 aromatic heterocycles. The Bertz CT molecular complexity index is 1230. The maximum atomic E-state index is 12.9. The number of para-hydroxylation sites is 2. The minimum absolute atomic E-state index is 0.0967. The highest BCUT2D eigenvalue weighted by Gasteiger charge is 2.35. The zero-order chi connectivity index (χ0) is 23.2. The van der Waals surface area contributed by atoms with Gasteiger partial charge in [0.15, 0.2) is 6.61 Å². The van der Waals surface area contributed by atoms with Crippen LogP contribution >= 0.6 is 23.4 Å². The molecule has 33 heavy (non-hydrogen) atoms. The number of nitrogens with zero attached hydrogens (tertiary/aromatic N) is 1. The second-order valence-electron chi connectivity index (χ2n) is 7.10. The summed E-state index contributed by atoms with van der Waals surface area (Å²) in [6.45, 7) is -0.104. The van der Waals surface area contributed by atoms with Crippen molar-refractivity contribution >= 4 is 52.2 Å². The van der Waals surface area contributed by atoms with Gasteiger partial charge < -0.3 is 10.1 Å². The van der Waals surface area contributed by atoms with E-state index in [1.54, 1.807) is 66.7 Å². The summed E-state index contributed by atoms with van der Waals surface area (Å²) < 4.78 is 5.69. The van der Waals surface area contributed by atoms with Crippen LogP contribution in [0.3, 0.4) is 0 Å². The van der Waals surface area contributed by atoms with Crippen LogP contribution in [0.15, 0.2) is 83.8 Å². The summed E-state index contributed by atoms with van der Waals surface area (Å²) in [6, 6.07) is 23.2. The summed E-state index contributed by atoms with van der Waals surface area (Å²) in [6.07, 6.45) is 1.60. The Morgan fingerprint density at radius 2 is 1.67 bits per heavy atom. The van der Waals surface area contributed by atoms with Crippen molar-refractivity contribution in [3.8, 4) is 5.75 Å². The van der Waals surface area contributed by atoms with E-state index in [1.165, 1.54) is 0 Å². The molecule has 3 amide bonds. The Morgan fingerprint density at radius 3 is 2.45 bits per heavy atom. The molecule has 6 nitrogen and oxygen atoms in total. The van der Waals surface area contributed by atoms with Crippen molar-refractivity contribution in [2.75, 3.05) is 11.9 Å². The van der Waals surface area contributed by atoms with Gasteiger partial charge in [-0.1, -0.05) is 66.2 Å². The number of hydrogen-bond acceptors (Lipinski definition) is 5. The van der Waals surface area contributed by atoms with E-state index >= 15 is 0 Å². The number of hydrogen-bond donors (Lipinski definition) is 1. The summed E-state index contributed by atoms with van der Waals surface area (Å²) in [5, 5.41) is 2.88. The van der Waals surface area contributed by atoms with E-state index in [1.807, 2.05) is 18.2 Å². The minimum atomic E-state index is -0.401. The molecule has 0 aliphatic carbocycles. The SMILES string of the molecule is O=C(COc1ccccc1/C=C1/SC(=O)N(Cc2ccccc2Cl)C1=O)Nc1ccccc1. The molecule has 0 spiro atoms. The van der Waals surface area contributed by atoms with Crippen LogP contribution < -0.4 is 10.1 Å². The Balaban J connectivity index is 1.46. The fourth-order valence-corrected chi connectivity index (χ4v) is 4.19. The van der Waals surface area contributed by atoms with Gasteiger partial charge in [0, 0.05) is 16.3 Å². The van der Waals surface area contributed by atoms with E-state index in [-0.39, 0.29) is 29.2 Å². The van der Waals surface area contributed by atoms with Gasteiger partial charge in [-0.15, -0.1) is 0 Å². The molecule has 0 bridgehead atoms. The van der Waals surface area contributed by atoms with Crippen molar-refractivity contribution in [1.29, 1.82) is 0 Å². The van der Waals surface area contributed by atoms with E-state index in [9.17, 15) is 14.4 Å². The van der Waals surface area contributed by atoms with E-state index in [2.05, 4.69) is 5.32 Å². The van der Waals surface area contributed by atoms with Gasteiger partial charge in [-0.05, 0) is 47.7 Å². The number of imide groups is 1. The molecular weight excluding hydrogens is 460 g/mol. The second-order valence-corrected chi connectivity index (χ2v) is 8.50. The number of thioether (sulfide) groups is 1. The molecule has 1 aliphatic heterocycles. The van der Waals surface area contributed by atoms with Crippen LogP contribution in [-0.4, -0.2) is 28.6 Å². The summed E-state index contributed by atoms with van der Waals surface area (Å²) in [4.78, 5) is 39.0. The predicted octanol–water partition coefficient (Wildman–Crippen LogP) is 5.59. The van der Waals surface area contributed by atoms with Crippen LogP contribution in [0.25, 0.3) is 6.08 Å². The topological polar surface area (TPSA) is 75.7 Å². The van der Waals surface area contributed by atoms with Gasteiger partial charge in [0.2, 0.25) is 0 Å². The van der Waals surface area contributed by atoms with Gasteiger partial charge in [-0.2, -0.15) is 0 Å². The largest absolute Gasteiger partial charge is 0.483 e. The number of anilines is 1. The van der Waals surface area contributed by atoms with Crippen molar-refractivity contribution in [1.82, 2.24) is 4.90 Å². The van der Waals surface area contributed by atoms with Crippen LogP contribution in [0, 0.1) is 0 Å². The normalized spacial score (nSPS) is 14.6. The lowest BCUT2D eigenvalue weighted by Gasteiger charge is -2.13. The average molecular weight is 479 g/mol. The lowest BCUT2D eigenvalue weighted by molar-refractivity contribution is -0.123. The zero-order valence-corrected chi connectivity index (χ0v) is 18.9. The zero-order valence-electron chi connectivity index (χ0n) is 17.4. The number of nitrogens with one attached hydrogen (secondary N) is 1. The van der Waals surface area contributed by atoms with Gasteiger partial charge in [0.05, 0.1) is 11.4 Å². The van der Waals surface area contributed by atoms with Gasteiger partial charge in [0.1, 0.15) is 5.75 Å². The summed E-state index contributed by atoms with van der Waals surface area (Å²) in [5.41, 5.74) is 1.95. The molecule has 4 rings (SSSR count). The monoisotopic (exact) mass is 478 g/mol. The third kappa shape index (κ3) is 5.63. The van der Waals surface area contributed by atoms with Gasteiger partial charge in [0.25, 0.3) is 17.1 Å². The fraction of sp³-hybridized carbons (Fsp3) is 0.0800. The lowest BCUT2D eigenvalue weighted by atomic mass is 10.1. The molecule has 1 heterocycles. The standard InChI is InChI=1S/C25H19ClN2O4S/c26-20-12-6-4-9-18(20)15-28-24(30)22(33-25(28)31)14-17-8-5-7-13-21(17)32-16-23(29)27-19-10-2-1-3-11-19/h1-14H,15-16H2,(H,27,29)/b22-14+. The molecule has 3 aromatic carbocycles. The van der Waals surface area contributed by atoms with Gasteiger partial charge in [-0.3, -0.25) is 19.3 Å². The quantitative estimate of drug-likeness (QED) is 0.448. The lowest BCUT2D eigenvalue weighted by Crippen LogP contribution is -2.27. The molecule has 1 aliphatic rings. The third-order valence-electron chi connectivity index (χ3n) is 4.78. The van der Waals surface area contributed by atoms with Crippen molar-refractivity contribution in [3.63, 3.8) is 0 Å². The highest BCUT2D eigenvalue weighted by Crippen LogP contribution is 2.35. The maximum Gasteiger partial charge on any atom is 0.293 e. The molecule has 1 N–H and O–H groups in total. The van der Waals surface area contributed by atoms with Crippen LogP contribution in [0.4, 0.5) is 10.5 Å². The Hall–Kier alpha value is -3.55. The van der Waals surface area contributed by atoms with Gasteiger partial charge >= 0.3 is 0 Å². The molecule has 166 valence electrons. The summed E-state index contributed by atoms with van der Waals surface area (Å²) in [7, 11) is 0. The van der Waals surface area contributed by atoms with Crippen LogP contribution in [0.2, 0.25) is 5.02 Å². The van der Waals surface area contributed by atoms with E-state index in [0.29, 0.717) is 27.6 Å². The average Bonchev–Trinajstić information content (AvgIpc) is 3.08. The van der Waals surface area contributed by atoms with E-state index in [4.69, 9.17) is 16.3 Å². The molecule has 1 fully saturated rings. The number of ether oxygens (including phenoxy) is 1. The summed E-state index contributed by atoms with van der Waals surface area (Å²) >= 11 is 7.03. The summed E-state index contributed by atoms with van der Waals surface area (Å²) in [5.74, 6) is -0.281. The van der Waals surface area contributed by atoms with Crippen molar-refractivity contribution in [2.45, 2.75) is 6.54 Å². The first kappa shape index (κ1) is 22.6. The molecule has 0 atom stereocenters. The maximum absolute atomic E-state index is 12.9. The first-order valence-electron chi connectivity index (χ1n) is 10.1. The first-order chi connectivity index (χ1) is 16.0. The fourth-order valence-electron chi connectivity index (χ4n) is 3.17. The number of amides is 3. The number of halogens is 1. The Labute approximate surface area is 200 Å². The Morgan fingerprint density at radius 1 is 0.970 bits per heavy atom. The van der Waals surface area contributed by atoms with Crippen molar-refractivity contribution in [3.05, 3.63) is 99.9 Å². The number of carbonyl (C=O) groups excluding carboxylic acids is 3. The van der Waals surface area contributed by atoms with E-state index in [0.717, 1.165) is 16.7 Å². The molecule has 3 aromatic rings. The van der Waals surface area contributed by atoms with Crippen molar-refractivity contribution < 1.29 is 19.1 Å². The number of rotatable bonds is 7. The molecule has 8 heteroatoms. The number of benzene rings is 3. The van der Waals surface area contributed by atoms with Crippen molar-refractivity contribution in [2.24, 2.45) is 0 Å². The van der Waals surface area contributed by atoms with Crippen LogP contribution in [-0.2, 0) is 16.1 Å². The molecule has 1 saturated heterocycles. The highest BCUT2D eigenvalue weighted by atomic mass is 35.5. The van der Waals surface area contributed by atoms with Gasteiger partial charge in [-0.25, -0.2) is 0 Å².